The normalized spacial score (nSPS) is 18.2. The van der Waals surface area contributed by atoms with Gasteiger partial charge in [-0.05, 0) is 49.0 Å². The van der Waals surface area contributed by atoms with Gasteiger partial charge in [-0.3, -0.25) is 4.79 Å². The van der Waals surface area contributed by atoms with Gasteiger partial charge in [0.05, 0.1) is 19.8 Å². The molecule has 2 aromatic carbocycles. The van der Waals surface area contributed by atoms with Crippen molar-refractivity contribution < 1.29 is 14.3 Å². The number of morpholine rings is 1. The number of likely N-dealkylation sites (N-methyl/N-ethyl adjacent to an activating group) is 1. The van der Waals surface area contributed by atoms with Crippen LogP contribution >= 0.6 is 0 Å². The molecule has 0 radical (unpaired) electrons. The van der Waals surface area contributed by atoms with Crippen molar-refractivity contribution in [3.8, 4) is 5.75 Å². The number of anilines is 1. The number of rotatable bonds is 4. The van der Waals surface area contributed by atoms with E-state index in [2.05, 4.69) is 17.3 Å². The highest BCUT2D eigenvalue weighted by Gasteiger charge is 2.19. The lowest BCUT2D eigenvalue weighted by Gasteiger charge is -2.30. The van der Waals surface area contributed by atoms with E-state index >= 15 is 0 Å². The van der Waals surface area contributed by atoms with E-state index < -0.39 is 0 Å². The third kappa shape index (κ3) is 3.93. The van der Waals surface area contributed by atoms with Crippen LogP contribution in [0.15, 0.2) is 48.5 Å². The number of ether oxygens (including phenoxy) is 2. The van der Waals surface area contributed by atoms with Crippen molar-refractivity contribution in [1.82, 2.24) is 4.90 Å². The van der Waals surface area contributed by atoms with E-state index in [4.69, 9.17) is 9.47 Å². The Labute approximate surface area is 142 Å². The number of carbonyl (C=O) groups excluding carboxylic acids is 1. The molecule has 0 spiro atoms. The van der Waals surface area contributed by atoms with Crippen molar-refractivity contribution in [2.24, 2.45) is 0 Å². The molecule has 1 saturated heterocycles. The highest BCUT2D eigenvalue weighted by atomic mass is 16.5. The number of benzene rings is 2. The number of carbonyl (C=O) groups is 1. The smallest absolute Gasteiger partial charge is 0.255 e. The first kappa shape index (κ1) is 16.5. The lowest BCUT2D eigenvalue weighted by atomic mass is 10.1. The van der Waals surface area contributed by atoms with Gasteiger partial charge in [0.25, 0.3) is 5.91 Å². The molecule has 3 rings (SSSR count). The molecule has 5 heteroatoms. The summed E-state index contributed by atoms with van der Waals surface area (Å²) in [5.74, 6) is 0.587. The van der Waals surface area contributed by atoms with E-state index in [1.165, 1.54) is 0 Å². The van der Waals surface area contributed by atoms with Gasteiger partial charge in [0.1, 0.15) is 5.75 Å². The molecular weight excluding hydrogens is 304 g/mol. The van der Waals surface area contributed by atoms with Crippen molar-refractivity contribution in [1.29, 1.82) is 0 Å². The van der Waals surface area contributed by atoms with Gasteiger partial charge in [-0.2, -0.15) is 0 Å². The Hall–Kier alpha value is -2.37. The third-order valence-corrected chi connectivity index (χ3v) is 4.14. The monoisotopic (exact) mass is 326 g/mol. The molecule has 24 heavy (non-hydrogen) atoms. The first-order valence-electron chi connectivity index (χ1n) is 8.01. The molecule has 1 unspecified atom stereocenters. The fourth-order valence-corrected chi connectivity index (χ4v) is 2.74. The number of amides is 1. The zero-order valence-electron chi connectivity index (χ0n) is 14.0. The number of methoxy groups -OCH3 is 1. The lowest BCUT2D eigenvalue weighted by molar-refractivity contribution is -0.0208. The van der Waals surface area contributed by atoms with E-state index in [0.717, 1.165) is 36.7 Å². The largest absolute Gasteiger partial charge is 0.497 e. The minimum atomic E-state index is -0.142. The van der Waals surface area contributed by atoms with Gasteiger partial charge in [-0.25, -0.2) is 0 Å². The highest BCUT2D eigenvalue weighted by molar-refractivity contribution is 6.04. The average Bonchev–Trinajstić information content (AvgIpc) is 2.62. The SMILES string of the molecule is COc1ccc(C(=O)Nc2cccc(C3CN(C)CCO3)c2)cc1. The lowest BCUT2D eigenvalue weighted by Crippen LogP contribution is -2.35. The summed E-state index contributed by atoms with van der Waals surface area (Å²) in [5, 5.41) is 2.94. The Balaban J connectivity index is 1.70. The van der Waals surface area contributed by atoms with Crippen molar-refractivity contribution >= 4 is 11.6 Å². The third-order valence-electron chi connectivity index (χ3n) is 4.14. The zero-order valence-corrected chi connectivity index (χ0v) is 14.0. The second kappa shape index (κ2) is 7.47. The Bertz CT molecular complexity index is 700. The fourth-order valence-electron chi connectivity index (χ4n) is 2.74. The molecule has 1 N–H and O–H groups in total. The maximum Gasteiger partial charge on any atom is 0.255 e. The molecule has 1 fully saturated rings. The van der Waals surface area contributed by atoms with E-state index in [1.54, 1.807) is 31.4 Å². The minimum absolute atomic E-state index is 0.0431. The Kier molecular flexibility index (Phi) is 5.13. The van der Waals surface area contributed by atoms with Gasteiger partial charge < -0.3 is 19.7 Å². The van der Waals surface area contributed by atoms with Gasteiger partial charge in [0.15, 0.2) is 0 Å². The van der Waals surface area contributed by atoms with Gasteiger partial charge in [0.2, 0.25) is 0 Å². The van der Waals surface area contributed by atoms with Crippen LogP contribution < -0.4 is 10.1 Å². The molecule has 1 atom stereocenters. The predicted molar refractivity (Wildman–Crippen MR) is 93.6 cm³/mol. The van der Waals surface area contributed by atoms with Crippen molar-refractivity contribution in [3.63, 3.8) is 0 Å². The molecule has 5 nitrogen and oxygen atoms in total. The van der Waals surface area contributed by atoms with Crippen molar-refractivity contribution in [2.75, 3.05) is 39.2 Å². The summed E-state index contributed by atoms with van der Waals surface area (Å²) in [6, 6.07) is 14.9. The summed E-state index contributed by atoms with van der Waals surface area (Å²) in [6.45, 7) is 2.53. The van der Waals surface area contributed by atoms with Gasteiger partial charge >= 0.3 is 0 Å². The van der Waals surface area contributed by atoms with Crippen LogP contribution in [-0.2, 0) is 4.74 Å². The standard InChI is InChI=1S/C19H22N2O3/c1-21-10-11-24-18(13-21)15-4-3-5-16(12-15)20-19(22)14-6-8-17(23-2)9-7-14/h3-9,12,18H,10-11,13H2,1-2H3,(H,20,22). The second-order valence-electron chi connectivity index (χ2n) is 5.93. The van der Waals surface area contributed by atoms with E-state index in [1.807, 2.05) is 24.3 Å². The Morgan fingerprint density at radius 3 is 2.75 bits per heavy atom. The van der Waals surface area contributed by atoms with Crippen LogP contribution in [-0.4, -0.2) is 44.7 Å². The number of hydrogen-bond donors (Lipinski definition) is 1. The molecular formula is C19H22N2O3. The van der Waals surface area contributed by atoms with E-state index in [9.17, 15) is 4.79 Å². The maximum absolute atomic E-state index is 12.4. The molecule has 126 valence electrons. The summed E-state index contributed by atoms with van der Waals surface area (Å²) in [6.07, 6.45) is 0.0431. The number of nitrogens with one attached hydrogen (secondary N) is 1. The summed E-state index contributed by atoms with van der Waals surface area (Å²) in [4.78, 5) is 14.6. The van der Waals surface area contributed by atoms with Crippen LogP contribution in [0.2, 0.25) is 0 Å². The molecule has 0 saturated carbocycles. The Morgan fingerprint density at radius 1 is 1.25 bits per heavy atom. The average molecular weight is 326 g/mol. The molecule has 1 amide bonds. The maximum atomic E-state index is 12.4. The van der Waals surface area contributed by atoms with Crippen LogP contribution in [0.5, 0.6) is 5.75 Å². The second-order valence-corrected chi connectivity index (χ2v) is 5.93. The number of nitrogens with zero attached hydrogens (tertiary/aromatic N) is 1. The van der Waals surface area contributed by atoms with E-state index in [0.29, 0.717) is 5.56 Å². The summed E-state index contributed by atoms with van der Waals surface area (Å²) in [5.41, 5.74) is 2.44. The fraction of sp³-hybridized carbons (Fsp3) is 0.316. The van der Waals surface area contributed by atoms with Crippen LogP contribution in [0, 0.1) is 0 Å². The molecule has 1 aliphatic rings. The molecule has 1 aliphatic heterocycles. The first-order valence-corrected chi connectivity index (χ1v) is 8.01. The number of hydrogen-bond acceptors (Lipinski definition) is 4. The summed E-state index contributed by atoms with van der Waals surface area (Å²) in [7, 11) is 3.69. The summed E-state index contributed by atoms with van der Waals surface area (Å²) >= 11 is 0. The molecule has 0 aliphatic carbocycles. The highest BCUT2D eigenvalue weighted by Crippen LogP contribution is 2.24. The predicted octanol–water partition coefficient (Wildman–Crippen LogP) is 2.95. The zero-order chi connectivity index (χ0) is 16.9. The quantitative estimate of drug-likeness (QED) is 0.938. The van der Waals surface area contributed by atoms with Crippen LogP contribution in [0.4, 0.5) is 5.69 Å². The summed E-state index contributed by atoms with van der Waals surface area (Å²) < 4.78 is 10.9. The van der Waals surface area contributed by atoms with Gasteiger partial charge in [0, 0.05) is 24.3 Å². The van der Waals surface area contributed by atoms with Crippen molar-refractivity contribution in [3.05, 3.63) is 59.7 Å². The van der Waals surface area contributed by atoms with Crippen molar-refractivity contribution in [2.45, 2.75) is 6.10 Å². The van der Waals surface area contributed by atoms with Gasteiger partial charge in [-0.15, -0.1) is 0 Å². The molecule has 0 bridgehead atoms. The molecule has 2 aromatic rings. The van der Waals surface area contributed by atoms with E-state index in [-0.39, 0.29) is 12.0 Å². The molecule has 1 heterocycles. The first-order chi connectivity index (χ1) is 11.7. The van der Waals surface area contributed by atoms with Crippen LogP contribution in [0.3, 0.4) is 0 Å². The molecule has 0 aromatic heterocycles. The topological polar surface area (TPSA) is 50.8 Å². The minimum Gasteiger partial charge on any atom is -0.497 e. The van der Waals surface area contributed by atoms with Crippen LogP contribution in [0.1, 0.15) is 22.0 Å². The Morgan fingerprint density at radius 2 is 2.04 bits per heavy atom. The van der Waals surface area contributed by atoms with Crippen LogP contribution in [0.25, 0.3) is 0 Å². The van der Waals surface area contributed by atoms with Gasteiger partial charge in [-0.1, -0.05) is 12.1 Å².